The lowest BCUT2D eigenvalue weighted by Gasteiger charge is -2.27. The van der Waals surface area contributed by atoms with Crippen molar-refractivity contribution in [2.45, 2.75) is 26.4 Å². The zero-order valence-corrected chi connectivity index (χ0v) is 12.4. The van der Waals surface area contributed by atoms with E-state index in [-0.39, 0.29) is 5.82 Å². The highest BCUT2D eigenvalue weighted by atomic mass is 19.1. The molecule has 1 N–H and O–H groups in total. The van der Waals surface area contributed by atoms with E-state index in [2.05, 4.69) is 9.80 Å². The van der Waals surface area contributed by atoms with Gasteiger partial charge >= 0.3 is 0 Å². The summed E-state index contributed by atoms with van der Waals surface area (Å²) in [6.45, 7) is 6.31. The number of anilines is 1. The van der Waals surface area contributed by atoms with E-state index in [0.29, 0.717) is 5.56 Å². The van der Waals surface area contributed by atoms with Crippen LogP contribution in [0.5, 0.6) is 0 Å². The second kappa shape index (κ2) is 7.46. The van der Waals surface area contributed by atoms with E-state index in [1.807, 2.05) is 27.1 Å². The minimum Gasteiger partial charge on any atom is -0.389 e. The van der Waals surface area contributed by atoms with Crippen LogP contribution in [0.3, 0.4) is 0 Å². The lowest BCUT2D eigenvalue weighted by atomic mass is 10.1. The second-order valence-electron chi connectivity index (χ2n) is 5.09. The molecule has 0 aromatic heterocycles. The summed E-state index contributed by atoms with van der Waals surface area (Å²) >= 11 is 0. The van der Waals surface area contributed by atoms with Gasteiger partial charge in [0.05, 0.1) is 6.10 Å². The van der Waals surface area contributed by atoms with Gasteiger partial charge < -0.3 is 14.9 Å². The fourth-order valence-electron chi connectivity index (χ4n) is 2.24. The molecule has 0 aliphatic carbocycles. The van der Waals surface area contributed by atoms with Crippen molar-refractivity contribution < 1.29 is 9.50 Å². The molecular weight excluding hydrogens is 243 g/mol. The van der Waals surface area contributed by atoms with Crippen LogP contribution < -0.4 is 4.90 Å². The third kappa shape index (κ3) is 4.48. The zero-order valence-electron chi connectivity index (χ0n) is 12.4. The molecule has 0 saturated heterocycles. The molecule has 108 valence electrons. The Kier molecular flexibility index (Phi) is 6.25. The Morgan fingerprint density at radius 3 is 2.47 bits per heavy atom. The second-order valence-corrected chi connectivity index (χ2v) is 5.09. The molecule has 0 saturated carbocycles. The van der Waals surface area contributed by atoms with Crippen molar-refractivity contribution in [1.29, 1.82) is 0 Å². The molecule has 1 rings (SSSR count). The Morgan fingerprint density at radius 1 is 1.26 bits per heavy atom. The fraction of sp³-hybridized carbons (Fsp3) is 0.600. The van der Waals surface area contributed by atoms with Crippen molar-refractivity contribution in [3.8, 4) is 0 Å². The van der Waals surface area contributed by atoms with Gasteiger partial charge in [-0.2, -0.15) is 0 Å². The first kappa shape index (κ1) is 15.9. The maximum Gasteiger partial charge on any atom is 0.131 e. The summed E-state index contributed by atoms with van der Waals surface area (Å²) in [6.07, 6.45) is 0.218. The molecule has 0 fully saturated rings. The SMILES string of the molecule is CCN(CCCN(C)C)c1cccc(F)c1[C@@H](C)O. The third-order valence-corrected chi connectivity index (χ3v) is 3.20. The molecule has 3 nitrogen and oxygen atoms in total. The van der Waals surface area contributed by atoms with Crippen LogP contribution in [0.25, 0.3) is 0 Å². The van der Waals surface area contributed by atoms with Gasteiger partial charge in [0, 0.05) is 24.3 Å². The third-order valence-electron chi connectivity index (χ3n) is 3.20. The van der Waals surface area contributed by atoms with Crippen molar-refractivity contribution in [1.82, 2.24) is 4.90 Å². The molecule has 0 bridgehead atoms. The summed E-state index contributed by atoms with van der Waals surface area (Å²) in [5.74, 6) is -0.335. The maximum absolute atomic E-state index is 13.9. The van der Waals surface area contributed by atoms with Gasteiger partial charge in [0.25, 0.3) is 0 Å². The molecule has 1 aromatic rings. The number of aliphatic hydroxyl groups excluding tert-OH is 1. The number of nitrogens with zero attached hydrogens (tertiary/aromatic N) is 2. The van der Waals surface area contributed by atoms with E-state index in [9.17, 15) is 9.50 Å². The van der Waals surface area contributed by atoms with Crippen LogP contribution in [0.2, 0.25) is 0 Å². The number of halogens is 1. The zero-order chi connectivity index (χ0) is 14.4. The Hall–Kier alpha value is -1.13. The van der Waals surface area contributed by atoms with Gasteiger partial charge in [-0.1, -0.05) is 6.07 Å². The first-order valence-electron chi connectivity index (χ1n) is 6.83. The fourth-order valence-corrected chi connectivity index (χ4v) is 2.24. The minimum atomic E-state index is -0.793. The van der Waals surface area contributed by atoms with E-state index in [1.54, 1.807) is 13.0 Å². The van der Waals surface area contributed by atoms with Crippen LogP contribution in [0.1, 0.15) is 31.9 Å². The summed E-state index contributed by atoms with van der Waals surface area (Å²) in [7, 11) is 4.08. The van der Waals surface area contributed by atoms with Crippen molar-refractivity contribution in [3.05, 3.63) is 29.6 Å². The van der Waals surface area contributed by atoms with E-state index in [4.69, 9.17) is 0 Å². The van der Waals surface area contributed by atoms with Crippen LogP contribution in [0.15, 0.2) is 18.2 Å². The molecule has 1 atom stereocenters. The number of hydrogen-bond acceptors (Lipinski definition) is 3. The van der Waals surface area contributed by atoms with Gasteiger partial charge in [0.1, 0.15) is 5.82 Å². The average Bonchev–Trinajstić information content (AvgIpc) is 2.33. The van der Waals surface area contributed by atoms with E-state index < -0.39 is 6.10 Å². The highest BCUT2D eigenvalue weighted by Gasteiger charge is 2.17. The molecule has 0 unspecified atom stereocenters. The molecule has 0 spiro atoms. The minimum absolute atomic E-state index is 0.335. The maximum atomic E-state index is 13.9. The van der Waals surface area contributed by atoms with Crippen molar-refractivity contribution in [3.63, 3.8) is 0 Å². The molecule has 0 aliphatic rings. The van der Waals surface area contributed by atoms with Gasteiger partial charge in [-0.05, 0) is 53.0 Å². The Labute approximate surface area is 115 Å². The summed E-state index contributed by atoms with van der Waals surface area (Å²) in [4.78, 5) is 4.25. The lowest BCUT2D eigenvalue weighted by molar-refractivity contribution is 0.194. The summed E-state index contributed by atoms with van der Waals surface area (Å²) in [5, 5.41) is 9.77. The number of rotatable bonds is 7. The van der Waals surface area contributed by atoms with Crippen molar-refractivity contribution in [2.24, 2.45) is 0 Å². The number of benzene rings is 1. The van der Waals surface area contributed by atoms with Gasteiger partial charge in [-0.3, -0.25) is 0 Å². The summed E-state index contributed by atoms with van der Waals surface area (Å²) in [6, 6.07) is 4.98. The normalized spacial score (nSPS) is 12.8. The average molecular weight is 268 g/mol. The molecule has 1 aromatic carbocycles. The van der Waals surface area contributed by atoms with Gasteiger partial charge in [0.2, 0.25) is 0 Å². The largest absolute Gasteiger partial charge is 0.389 e. The molecule has 4 heteroatoms. The van der Waals surface area contributed by atoms with Crippen LogP contribution >= 0.6 is 0 Å². The molecular formula is C15H25FN2O. The summed E-state index contributed by atoms with van der Waals surface area (Å²) < 4.78 is 13.9. The first-order chi connectivity index (χ1) is 8.97. The smallest absolute Gasteiger partial charge is 0.131 e. The monoisotopic (exact) mass is 268 g/mol. The van der Waals surface area contributed by atoms with Crippen LogP contribution in [0.4, 0.5) is 10.1 Å². The molecule has 19 heavy (non-hydrogen) atoms. The van der Waals surface area contributed by atoms with E-state index >= 15 is 0 Å². The Balaban J connectivity index is 2.89. The highest BCUT2D eigenvalue weighted by Crippen LogP contribution is 2.28. The molecule has 0 radical (unpaired) electrons. The predicted octanol–water partition coefficient (Wildman–Crippen LogP) is 2.66. The quantitative estimate of drug-likeness (QED) is 0.823. The van der Waals surface area contributed by atoms with Gasteiger partial charge in [0.15, 0.2) is 0 Å². The van der Waals surface area contributed by atoms with Crippen molar-refractivity contribution >= 4 is 5.69 Å². The van der Waals surface area contributed by atoms with Gasteiger partial charge in [-0.15, -0.1) is 0 Å². The van der Waals surface area contributed by atoms with Crippen LogP contribution in [-0.2, 0) is 0 Å². The van der Waals surface area contributed by atoms with Crippen LogP contribution in [0, 0.1) is 5.82 Å². The van der Waals surface area contributed by atoms with E-state index in [0.717, 1.165) is 31.7 Å². The molecule has 0 aliphatic heterocycles. The standard InChI is InChI=1S/C15H25FN2O/c1-5-18(11-7-10-17(3)4)14-9-6-8-13(16)15(14)12(2)19/h6,8-9,12,19H,5,7,10-11H2,1-4H3/t12-/m1/s1. The van der Waals surface area contributed by atoms with Gasteiger partial charge in [-0.25, -0.2) is 4.39 Å². The van der Waals surface area contributed by atoms with Crippen LogP contribution in [-0.4, -0.2) is 43.7 Å². The van der Waals surface area contributed by atoms with E-state index in [1.165, 1.54) is 6.07 Å². The first-order valence-corrected chi connectivity index (χ1v) is 6.83. The topological polar surface area (TPSA) is 26.7 Å². The molecule has 0 amide bonds. The number of aliphatic hydroxyl groups is 1. The Morgan fingerprint density at radius 2 is 1.95 bits per heavy atom. The lowest BCUT2D eigenvalue weighted by Crippen LogP contribution is -2.28. The van der Waals surface area contributed by atoms with Crippen molar-refractivity contribution in [2.75, 3.05) is 38.6 Å². The molecule has 0 heterocycles. The summed E-state index contributed by atoms with van der Waals surface area (Å²) in [5.41, 5.74) is 1.20. The predicted molar refractivity (Wildman–Crippen MR) is 78.1 cm³/mol. The highest BCUT2D eigenvalue weighted by molar-refractivity contribution is 5.55. The Bertz CT molecular complexity index is 394. The number of hydrogen-bond donors (Lipinski definition) is 1.